The van der Waals surface area contributed by atoms with Crippen LogP contribution in [0, 0.1) is 5.92 Å². The maximum Gasteiger partial charge on any atom is 0.0195 e. The lowest BCUT2D eigenvalue weighted by Gasteiger charge is -2.29. The predicted octanol–water partition coefficient (Wildman–Crippen LogP) is 1.86. The molecule has 0 aromatic rings. The number of hydrogen-bond donors (Lipinski definition) is 1. The second-order valence-corrected chi connectivity index (χ2v) is 5.28. The van der Waals surface area contributed by atoms with Crippen molar-refractivity contribution in [3.63, 3.8) is 0 Å². The Bertz CT molecular complexity index is 169. The normalized spacial score (nSPS) is 27.9. The Hall–Kier alpha value is -0.0800. The Morgan fingerprint density at radius 3 is 2.50 bits per heavy atom. The molecule has 0 bridgehead atoms. The molecule has 0 amide bonds. The summed E-state index contributed by atoms with van der Waals surface area (Å²) in [5.41, 5.74) is 0. The van der Waals surface area contributed by atoms with Crippen molar-refractivity contribution >= 4 is 0 Å². The van der Waals surface area contributed by atoms with E-state index < -0.39 is 0 Å². The highest BCUT2D eigenvalue weighted by Gasteiger charge is 2.27. The Balaban J connectivity index is 1.76. The van der Waals surface area contributed by atoms with Crippen LogP contribution in [0.15, 0.2) is 0 Å². The summed E-state index contributed by atoms with van der Waals surface area (Å²) in [7, 11) is 0. The van der Waals surface area contributed by atoms with Crippen molar-refractivity contribution in [3.05, 3.63) is 0 Å². The van der Waals surface area contributed by atoms with E-state index in [4.69, 9.17) is 0 Å². The van der Waals surface area contributed by atoms with Crippen LogP contribution >= 0.6 is 0 Å². The zero-order chi connectivity index (χ0) is 9.97. The van der Waals surface area contributed by atoms with Crippen LogP contribution in [-0.4, -0.2) is 36.6 Å². The third kappa shape index (κ3) is 2.96. The van der Waals surface area contributed by atoms with Gasteiger partial charge < -0.3 is 5.32 Å². The molecule has 14 heavy (non-hydrogen) atoms. The smallest absolute Gasteiger partial charge is 0.0195 e. The van der Waals surface area contributed by atoms with Crippen LogP contribution in [0.3, 0.4) is 0 Å². The SMILES string of the molecule is CC(C)N(CC1CC1)CC1CCCN1. The van der Waals surface area contributed by atoms with Crippen LogP contribution in [0.4, 0.5) is 0 Å². The second-order valence-electron chi connectivity index (χ2n) is 5.28. The summed E-state index contributed by atoms with van der Waals surface area (Å²) in [4.78, 5) is 2.67. The van der Waals surface area contributed by atoms with Crippen LogP contribution in [-0.2, 0) is 0 Å². The quantitative estimate of drug-likeness (QED) is 0.722. The molecular formula is C12H24N2. The largest absolute Gasteiger partial charge is 0.313 e. The van der Waals surface area contributed by atoms with Crippen molar-refractivity contribution in [2.24, 2.45) is 5.92 Å². The Morgan fingerprint density at radius 1 is 1.21 bits per heavy atom. The van der Waals surface area contributed by atoms with E-state index in [0.717, 1.165) is 18.0 Å². The Kier molecular flexibility index (Phi) is 3.45. The molecule has 1 N–H and O–H groups in total. The van der Waals surface area contributed by atoms with Crippen LogP contribution in [0.1, 0.15) is 39.5 Å². The van der Waals surface area contributed by atoms with Crippen LogP contribution in [0.2, 0.25) is 0 Å². The highest BCUT2D eigenvalue weighted by atomic mass is 15.2. The van der Waals surface area contributed by atoms with Gasteiger partial charge in [-0.15, -0.1) is 0 Å². The van der Waals surface area contributed by atoms with E-state index in [1.165, 1.54) is 45.3 Å². The number of hydrogen-bond acceptors (Lipinski definition) is 2. The van der Waals surface area contributed by atoms with Gasteiger partial charge in [-0.05, 0) is 52.0 Å². The highest BCUT2D eigenvalue weighted by Crippen LogP contribution is 2.30. The summed E-state index contributed by atoms with van der Waals surface area (Å²) in [5.74, 6) is 1.03. The molecule has 2 heteroatoms. The van der Waals surface area contributed by atoms with E-state index in [1.54, 1.807) is 0 Å². The Labute approximate surface area is 88.1 Å². The molecular weight excluding hydrogens is 172 g/mol. The van der Waals surface area contributed by atoms with E-state index in [2.05, 4.69) is 24.1 Å². The van der Waals surface area contributed by atoms with Crippen molar-refractivity contribution < 1.29 is 0 Å². The monoisotopic (exact) mass is 196 g/mol. The van der Waals surface area contributed by atoms with Gasteiger partial charge in [0.1, 0.15) is 0 Å². The first kappa shape index (κ1) is 10.4. The van der Waals surface area contributed by atoms with Gasteiger partial charge in [0.25, 0.3) is 0 Å². The topological polar surface area (TPSA) is 15.3 Å². The van der Waals surface area contributed by atoms with E-state index in [0.29, 0.717) is 0 Å². The van der Waals surface area contributed by atoms with Gasteiger partial charge in [0.15, 0.2) is 0 Å². The molecule has 1 unspecified atom stereocenters. The standard InChI is InChI=1S/C12H24N2/c1-10(2)14(8-11-5-6-11)9-12-4-3-7-13-12/h10-13H,3-9H2,1-2H3. The number of rotatable bonds is 5. The zero-order valence-electron chi connectivity index (χ0n) is 9.63. The second kappa shape index (κ2) is 4.63. The van der Waals surface area contributed by atoms with Crippen LogP contribution < -0.4 is 5.32 Å². The maximum atomic E-state index is 3.59. The van der Waals surface area contributed by atoms with Gasteiger partial charge in [0.05, 0.1) is 0 Å². The van der Waals surface area contributed by atoms with Gasteiger partial charge in [-0.1, -0.05) is 0 Å². The van der Waals surface area contributed by atoms with E-state index in [9.17, 15) is 0 Å². The van der Waals surface area contributed by atoms with Crippen molar-refractivity contribution in [2.45, 2.75) is 51.6 Å². The van der Waals surface area contributed by atoms with Gasteiger partial charge in [0, 0.05) is 25.2 Å². The number of nitrogens with zero attached hydrogens (tertiary/aromatic N) is 1. The van der Waals surface area contributed by atoms with Crippen molar-refractivity contribution in [1.29, 1.82) is 0 Å². The summed E-state index contributed by atoms with van der Waals surface area (Å²) in [6.45, 7) is 8.51. The molecule has 2 fully saturated rings. The first-order valence-corrected chi connectivity index (χ1v) is 6.23. The van der Waals surface area contributed by atoms with E-state index >= 15 is 0 Å². The summed E-state index contributed by atoms with van der Waals surface area (Å²) in [6.07, 6.45) is 5.70. The molecule has 0 aromatic heterocycles. The lowest BCUT2D eigenvalue weighted by molar-refractivity contribution is 0.194. The van der Waals surface area contributed by atoms with Gasteiger partial charge in [0.2, 0.25) is 0 Å². The lowest BCUT2D eigenvalue weighted by Crippen LogP contribution is -2.42. The third-order valence-electron chi connectivity index (χ3n) is 3.54. The predicted molar refractivity (Wildman–Crippen MR) is 60.5 cm³/mol. The molecule has 82 valence electrons. The molecule has 2 rings (SSSR count). The molecule has 0 spiro atoms. The first-order valence-electron chi connectivity index (χ1n) is 6.23. The Morgan fingerprint density at radius 2 is 2.00 bits per heavy atom. The fourth-order valence-corrected chi connectivity index (χ4v) is 2.32. The minimum Gasteiger partial charge on any atom is -0.313 e. The lowest BCUT2D eigenvalue weighted by atomic mass is 10.2. The highest BCUT2D eigenvalue weighted by molar-refractivity contribution is 4.83. The van der Waals surface area contributed by atoms with Crippen molar-refractivity contribution in [2.75, 3.05) is 19.6 Å². The molecule has 1 heterocycles. The third-order valence-corrected chi connectivity index (χ3v) is 3.54. The summed E-state index contributed by atoms with van der Waals surface area (Å²) < 4.78 is 0. The van der Waals surface area contributed by atoms with Gasteiger partial charge in [-0.25, -0.2) is 0 Å². The minimum absolute atomic E-state index is 0.720. The molecule has 1 saturated heterocycles. The fourth-order valence-electron chi connectivity index (χ4n) is 2.32. The zero-order valence-corrected chi connectivity index (χ0v) is 9.63. The molecule has 1 saturated carbocycles. The van der Waals surface area contributed by atoms with Crippen molar-refractivity contribution in [3.8, 4) is 0 Å². The molecule has 2 nitrogen and oxygen atoms in total. The van der Waals surface area contributed by atoms with Crippen molar-refractivity contribution in [1.82, 2.24) is 10.2 Å². The average molecular weight is 196 g/mol. The van der Waals surface area contributed by atoms with Crippen LogP contribution in [0.25, 0.3) is 0 Å². The molecule has 2 aliphatic rings. The summed E-state index contributed by atoms with van der Waals surface area (Å²) >= 11 is 0. The number of nitrogens with one attached hydrogen (secondary N) is 1. The summed E-state index contributed by atoms with van der Waals surface area (Å²) in [5, 5.41) is 3.59. The molecule has 0 radical (unpaired) electrons. The first-order chi connectivity index (χ1) is 6.75. The van der Waals surface area contributed by atoms with E-state index in [-0.39, 0.29) is 0 Å². The minimum atomic E-state index is 0.720. The van der Waals surface area contributed by atoms with Gasteiger partial charge in [-0.3, -0.25) is 4.90 Å². The fraction of sp³-hybridized carbons (Fsp3) is 1.00. The molecule has 0 aromatic carbocycles. The maximum absolute atomic E-state index is 3.59. The summed E-state index contributed by atoms with van der Waals surface area (Å²) in [6, 6.07) is 1.49. The van der Waals surface area contributed by atoms with E-state index in [1.807, 2.05) is 0 Å². The van der Waals surface area contributed by atoms with Gasteiger partial charge >= 0.3 is 0 Å². The molecule has 1 aliphatic carbocycles. The molecule has 1 aliphatic heterocycles. The van der Waals surface area contributed by atoms with Crippen LogP contribution in [0.5, 0.6) is 0 Å². The van der Waals surface area contributed by atoms with Gasteiger partial charge in [-0.2, -0.15) is 0 Å². The molecule has 1 atom stereocenters. The average Bonchev–Trinajstić information content (AvgIpc) is 2.80.